The molecule has 0 aromatic carbocycles. The van der Waals surface area contributed by atoms with Crippen molar-refractivity contribution in [2.75, 3.05) is 19.6 Å². The Labute approximate surface area is 93.7 Å². The maximum atomic E-state index is 9.93. The molecule has 1 N–H and O–H groups in total. The van der Waals surface area contributed by atoms with Gasteiger partial charge >= 0.3 is 0 Å². The molecular weight excluding hydrogens is 186 g/mol. The first-order valence-electron chi connectivity index (χ1n) is 6.70. The molecule has 0 aromatic rings. The second-order valence-corrected chi connectivity index (χ2v) is 5.43. The molecule has 2 heteroatoms. The minimum atomic E-state index is -0.0144. The summed E-state index contributed by atoms with van der Waals surface area (Å²) in [5, 5.41) is 9.93. The summed E-state index contributed by atoms with van der Waals surface area (Å²) in [5.41, 5.74) is 0. The number of aliphatic hydroxyl groups excluding tert-OH is 1. The highest BCUT2D eigenvalue weighted by Gasteiger charge is 2.28. The molecule has 3 atom stereocenters. The monoisotopic (exact) mass is 211 g/mol. The van der Waals surface area contributed by atoms with Gasteiger partial charge in [0.05, 0.1) is 6.10 Å². The topological polar surface area (TPSA) is 23.5 Å². The van der Waals surface area contributed by atoms with Crippen LogP contribution in [0, 0.1) is 11.8 Å². The summed E-state index contributed by atoms with van der Waals surface area (Å²) in [6, 6.07) is 0. The van der Waals surface area contributed by atoms with Crippen LogP contribution in [0.4, 0.5) is 0 Å². The van der Waals surface area contributed by atoms with Crippen LogP contribution in [0.15, 0.2) is 0 Å². The van der Waals surface area contributed by atoms with Gasteiger partial charge in [-0.2, -0.15) is 0 Å². The van der Waals surface area contributed by atoms with Gasteiger partial charge in [0, 0.05) is 13.1 Å². The van der Waals surface area contributed by atoms with Crippen molar-refractivity contribution in [1.82, 2.24) is 4.90 Å². The highest BCUT2D eigenvalue weighted by molar-refractivity contribution is 4.81. The van der Waals surface area contributed by atoms with Crippen LogP contribution in [0.25, 0.3) is 0 Å². The highest BCUT2D eigenvalue weighted by atomic mass is 16.3. The van der Waals surface area contributed by atoms with Crippen molar-refractivity contribution in [3.05, 3.63) is 0 Å². The minimum absolute atomic E-state index is 0.0144. The van der Waals surface area contributed by atoms with Gasteiger partial charge in [0.1, 0.15) is 0 Å². The van der Waals surface area contributed by atoms with Crippen LogP contribution in [0.2, 0.25) is 0 Å². The summed E-state index contributed by atoms with van der Waals surface area (Å²) in [4.78, 5) is 2.58. The zero-order valence-electron chi connectivity index (χ0n) is 9.99. The van der Waals surface area contributed by atoms with Gasteiger partial charge in [-0.15, -0.1) is 0 Å². The van der Waals surface area contributed by atoms with Crippen LogP contribution in [-0.2, 0) is 0 Å². The number of aliphatic hydroxyl groups is 1. The van der Waals surface area contributed by atoms with Gasteiger partial charge in [-0.1, -0.05) is 26.2 Å². The largest absolute Gasteiger partial charge is 0.393 e. The highest BCUT2D eigenvalue weighted by Crippen LogP contribution is 2.27. The SMILES string of the molecule is CCC1CCN(CC2CCCCC2O)C1. The van der Waals surface area contributed by atoms with Crippen LogP contribution in [0.1, 0.15) is 45.4 Å². The van der Waals surface area contributed by atoms with Crippen molar-refractivity contribution < 1.29 is 5.11 Å². The molecule has 0 amide bonds. The molecule has 88 valence electrons. The van der Waals surface area contributed by atoms with E-state index in [0.717, 1.165) is 18.9 Å². The lowest BCUT2D eigenvalue weighted by Crippen LogP contribution is -2.35. The van der Waals surface area contributed by atoms with Crippen molar-refractivity contribution in [1.29, 1.82) is 0 Å². The van der Waals surface area contributed by atoms with Crippen molar-refractivity contribution in [2.45, 2.75) is 51.6 Å². The minimum Gasteiger partial charge on any atom is -0.393 e. The van der Waals surface area contributed by atoms with Crippen LogP contribution in [0.3, 0.4) is 0 Å². The fraction of sp³-hybridized carbons (Fsp3) is 1.00. The Morgan fingerprint density at radius 3 is 2.67 bits per heavy atom. The molecule has 1 heterocycles. The van der Waals surface area contributed by atoms with Crippen LogP contribution in [-0.4, -0.2) is 35.7 Å². The summed E-state index contributed by atoms with van der Waals surface area (Å²) in [7, 11) is 0. The Kier molecular flexibility index (Phi) is 4.04. The lowest BCUT2D eigenvalue weighted by Gasteiger charge is -2.31. The summed E-state index contributed by atoms with van der Waals surface area (Å²) in [6.07, 6.45) is 7.52. The lowest BCUT2D eigenvalue weighted by molar-refractivity contribution is 0.0504. The fourth-order valence-corrected chi connectivity index (χ4v) is 3.14. The predicted octanol–water partition coefficient (Wildman–Crippen LogP) is 2.27. The summed E-state index contributed by atoms with van der Waals surface area (Å²) in [6.45, 7) is 5.99. The smallest absolute Gasteiger partial charge is 0.0580 e. The molecule has 2 nitrogen and oxygen atoms in total. The van der Waals surface area contributed by atoms with E-state index >= 15 is 0 Å². The zero-order valence-corrected chi connectivity index (χ0v) is 9.99. The summed E-state index contributed by atoms with van der Waals surface area (Å²) < 4.78 is 0. The van der Waals surface area contributed by atoms with E-state index in [1.165, 1.54) is 45.2 Å². The molecule has 1 saturated carbocycles. The van der Waals surface area contributed by atoms with Gasteiger partial charge in [-0.05, 0) is 37.6 Å². The van der Waals surface area contributed by atoms with Gasteiger partial charge in [-0.3, -0.25) is 0 Å². The van der Waals surface area contributed by atoms with Crippen molar-refractivity contribution in [2.24, 2.45) is 11.8 Å². The summed E-state index contributed by atoms with van der Waals surface area (Å²) in [5.74, 6) is 1.49. The Morgan fingerprint density at radius 1 is 1.20 bits per heavy atom. The number of rotatable bonds is 3. The average molecular weight is 211 g/mol. The van der Waals surface area contributed by atoms with E-state index in [-0.39, 0.29) is 6.10 Å². The first kappa shape index (κ1) is 11.4. The van der Waals surface area contributed by atoms with Crippen LogP contribution >= 0.6 is 0 Å². The summed E-state index contributed by atoms with van der Waals surface area (Å²) >= 11 is 0. The Balaban J connectivity index is 1.76. The number of likely N-dealkylation sites (tertiary alicyclic amines) is 1. The first-order valence-corrected chi connectivity index (χ1v) is 6.70. The molecule has 3 unspecified atom stereocenters. The molecule has 1 saturated heterocycles. The number of hydrogen-bond donors (Lipinski definition) is 1. The molecule has 15 heavy (non-hydrogen) atoms. The van der Waals surface area contributed by atoms with E-state index in [1.807, 2.05) is 0 Å². The van der Waals surface area contributed by atoms with E-state index in [4.69, 9.17) is 0 Å². The van der Waals surface area contributed by atoms with Gasteiger partial charge < -0.3 is 10.0 Å². The predicted molar refractivity (Wildman–Crippen MR) is 62.8 cm³/mol. The number of nitrogens with zero attached hydrogens (tertiary/aromatic N) is 1. The molecule has 0 aromatic heterocycles. The molecule has 0 bridgehead atoms. The van der Waals surface area contributed by atoms with Crippen molar-refractivity contribution in [3.8, 4) is 0 Å². The van der Waals surface area contributed by atoms with Crippen LogP contribution in [0.5, 0.6) is 0 Å². The van der Waals surface area contributed by atoms with E-state index in [1.54, 1.807) is 0 Å². The molecule has 2 fully saturated rings. The molecular formula is C13H25NO. The first-order chi connectivity index (χ1) is 7.29. The normalized spacial score (nSPS) is 38.4. The van der Waals surface area contributed by atoms with E-state index in [9.17, 15) is 5.11 Å². The quantitative estimate of drug-likeness (QED) is 0.774. The van der Waals surface area contributed by atoms with Crippen molar-refractivity contribution >= 4 is 0 Å². The third kappa shape index (κ3) is 2.94. The number of hydrogen-bond acceptors (Lipinski definition) is 2. The lowest BCUT2D eigenvalue weighted by atomic mass is 9.86. The maximum Gasteiger partial charge on any atom is 0.0580 e. The molecule has 2 rings (SSSR count). The third-order valence-corrected chi connectivity index (χ3v) is 4.31. The molecule has 0 radical (unpaired) electrons. The van der Waals surface area contributed by atoms with Crippen molar-refractivity contribution in [3.63, 3.8) is 0 Å². The van der Waals surface area contributed by atoms with Gasteiger partial charge in [0.15, 0.2) is 0 Å². The zero-order chi connectivity index (χ0) is 10.7. The third-order valence-electron chi connectivity index (χ3n) is 4.31. The fourth-order valence-electron chi connectivity index (χ4n) is 3.14. The maximum absolute atomic E-state index is 9.93. The van der Waals surface area contributed by atoms with Gasteiger partial charge in [0.25, 0.3) is 0 Å². The second-order valence-electron chi connectivity index (χ2n) is 5.43. The van der Waals surface area contributed by atoms with Crippen LogP contribution < -0.4 is 0 Å². The molecule has 1 aliphatic carbocycles. The van der Waals surface area contributed by atoms with E-state index in [2.05, 4.69) is 11.8 Å². The average Bonchev–Trinajstić information content (AvgIpc) is 2.69. The Bertz CT molecular complexity index is 195. The van der Waals surface area contributed by atoms with Gasteiger partial charge in [0.2, 0.25) is 0 Å². The molecule has 0 spiro atoms. The Hall–Kier alpha value is -0.0800. The standard InChI is InChI=1S/C13H25NO/c1-2-11-7-8-14(9-11)10-12-5-3-4-6-13(12)15/h11-13,15H,2-10H2,1H3. The van der Waals surface area contributed by atoms with Gasteiger partial charge in [-0.25, -0.2) is 0 Å². The molecule has 2 aliphatic rings. The van der Waals surface area contributed by atoms with E-state index < -0.39 is 0 Å². The molecule has 1 aliphatic heterocycles. The second kappa shape index (κ2) is 5.31. The van der Waals surface area contributed by atoms with E-state index in [0.29, 0.717) is 5.92 Å². The Morgan fingerprint density at radius 2 is 2.00 bits per heavy atom.